The molecule has 0 aromatic carbocycles. The molecule has 188 valence electrons. The molecule has 5 aliphatic rings. The lowest BCUT2D eigenvalue weighted by Gasteiger charge is -2.69. The summed E-state index contributed by atoms with van der Waals surface area (Å²) in [5, 5.41) is 10.5. The van der Waals surface area contributed by atoms with Crippen LogP contribution in [0, 0.1) is 50.2 Å². The van der Waals surface area contributed by atoms with Gasteiger partial charge in [-0.1, -0.05) is 60.1 Å². The van der Waals surface area contributed by atoms with Crippen molar-refractivity contribution in [3.63, 3.8) is 0 Å². The van der Waals surface area contributed by atoms with Crippen LogP contribution in [0.2, 0.25) is 0 Å². The van der Waals surface area contributed by atoms with Gasteiger partial charge in [-0.05, 0) is 73.5 Å². The minimum atomic E-state index is -0.687. The van der Waals surface area contributed by atoms with Crippen LogP contribution >= 0.6 is 0 Å². The molecule has 4 saturated carbocycles. The summed E-state index contributed by atoms with van der Waals surface area (Å²) in [6.45, 7) is 15.5. The number of aliphatic carboxylic acids is 1. The SMILES string of the molecule is CC1(C)CC[C@]2(C(=O)O)CC[C@]3(C)C(=CC[C@H]4[C@@]5(C)CCC(=O)C(C)(C)[C@H]5CC(=O)[C@]43C)[C@@H]2C1. The maximum Gasteiger partial charge on any atom is 0.310 e. The van der Waals surface area contributed by atoms with E-state index in [0.717, 1.165) is 38.5 Å². The van der Waals surface area contributed by atoms with Gasteiger partial charge in [0.25, 0.3) is 0 Å². The molecule has 1 N–H and O–H groups in total. The van der Waals surface area contributed by atoms with Gasteiger partial charge in [-0.15, -0.1) is 0 Å². The number of Topliss-reactive ketones (excluding diaryl/α,β-unsaturated/α-hetero) is 2. The molecule has 0 saturated heterocycles. The molecule has 0 heterocycles. The molecule has 5 rings (SSSR count). The zero-order valence-electron chi connectivity index (χ0n) is 22.3. The average Bonchev–Trinajstić information content (AvgIpc) is 2.74. The van der Waals surface area contributed by atoms with E-state index in [-0.39, 0.29) is 34.0 Å². The van der Waals surface area contributed by atoms with Gasteiger partial charge in [0.2, 0.25) is 0 Å². The van der Waals surface area contributed by atoms with Crippen LogP contribution in [-0.2, 0) is 14.4 Å². The van der Waals surface area contributed by atoms with Gasteiger partial charge in [0.05, 0.1) is 5.41 Å². The molecule has 0 aromatic rings. The van der Waals surface area contributed by atoms with E-state index in [1.165, 1.54) is 5.57 Å². The standard InChI is InChI=1S/C30H44O4/c1-25(2)12-14-30(24(33)34)15-13-28(6)18(19(30)17-25)8-9-20-27(5)11-10-22(31)26(3,4)21(27)16-23(32)29(20,28)7/h8,19-21H,9-17H2,1-7H3,(H,33,34)/t19-,20-,21+,27+,28+,29-,30-/m0/s1. The predicted molar refractivity (Wildman–Crippen MR) is 132 cm³/mol. The summed E-state index contributed by atoms with van der Waals surface area (Å²) in [6, 6.07) is 0. The summed E-state index contributed by atoms with van der Waals surface area (Å²) in [4.78, 5) is 39.9. The highest BCUT2D eigenvalue weighted by Crippen LogP contribution is 2.74. The first kappa shape index (κ1) is 24.3. The van der Waals surface area contributed by atoms with Crippen LogP contribution in [0.5, 0.6) is 0 Å². The van der Waals surface area contributed by atoms with E-state index < -0.39 is 22.2 Å². The highest BCUT2D eigenvalue weighted by atomic mass is 16.4. The maximum absolute atomic E-state index is 14.2. The van der Waals surface area contributed by atoms with Gasteiger partial charge >= 0.3 is 5.97 Å². The molecule has 7 atom stereocenters. The van der Waals surface area contributed by atoms with Crippen LogP contribution in [0.1, 0.15) is 106 Å². The Morgan fingerprint density at radius 1 is 0.882 bits per heavy atom. The van der Waals surface area contributed by atoms with E-state index in [9.17, 15) is 19.5 Å². The Bertz CT molecular complexity index is 1000. The summed E-state index contributed by atoms with van der Waals surface area (Å²) in [7, 11) is 0. The molecule has 0 spiro atoms. The second-order valence-corrected chi connectivity index (χ2v) is 14.7. The molecular formula is C30H44O4. The first-order chi connectivity index (χ1) is 15.6. The quantitative estimate of drug-likeness (QED) is 0.439. The molecule has 0 aliphatic heterocycles. The lowest BCUT2D eigenvalue weighted by Crippen LogP contribution is -2.67. The minimum Gasteiger partial charge on any atom is -0.481 e. The van der Waals surface area contributed by atoms with Crippen molar-refractivity contribution in [3.8, 4) is 0 Å². The normalized spacial score (nSPS) is 49.1. The third kappa shape index (κ3) is 2.69. The largest absolute Gasteiger partial charge is 0.481 e. The topological polar surface area (TPSA) is 71.4 Å². The number of carboxylic acid groups (broad SMARTS) is 1. The third-order valence-corrected chi connectivity index (χ3v) is 12.6. The lowest BCUT2D eigenvalue weighted by molar-refractivity contribution is -0.191. The fourth-order valence-electron chi connectivity index (χ4n) is 10.1. The zero-order chi connectivity index (χ0) is 25.1. The Kier molecular flexibility index (Phi) is 4.89. The molecule has 4 fully saturated rings. The van der Waals surface area contributed by atoms with Crippen molar-refractivity contribution in [1.29, 1.82) is 0 Å². The molecule has 0 bridgehead atoms. The number of ketones is 2. The highest BCUT2D eigenvalue weighted by molar-refractivity contribution is 5.92. The van der Waals surface area contributed by atoms with Crippen LogP contribution in [0.4, 0.5) is 0 Å². The van der Waals surface area contributed by atoms with Gasteiger partial charge in [-0.3, -0.25) is 14.4 Å². The van der Waals surface area contributed by atoms with Crippen molar-refractivity contribution in [1.82, 2.24) is 0 Å². The summed E-state index contributed by atoms with van der Waals surface area (Å²) in [6.07, 6.45) is 9.16. The Labute approximate surface area is 205 Å². The molecule has 0 amide bonds. The van der Waals surface area contributed by atoms with Gasteiger partial charge < -0.3 is 5.11 Å². The Balaban J connectivity index is 1.65. The number of carbonyl (C=O) groups excluding carboxylic acids is 2. The summed E-state index contributed by atoms with van der Waals surface area (Å²) in [5.41, 5.74) is -0.649. The van der Waals surface area contributed by atoms with E-state index in [4.69, 9.17) is 0 Å². The number of hydrogen-bond donors (Lipinski definition) is 1. The third-order valence-electron chi connectivity index (χ3n) is 12.6. The Morgan fingerprint density at radius 2 is 1.53 bits per heavy atom. The number of carboxylic acids is 1. The number of hydrogen-bond acceptors (Lipinski definition) is 3. The molecule has 0 unspecified atom stereocenters. The molecule has 0 radical (unpaired) electrons. The predicted octanol–water partition coefficient (Wildman–Crippen LogP) is 6.62. The minimum absolute atomic E-state index is 0.00739. The Hall–Kier alpha value is -1.45. The summed E-state index contributed by atoms with van der Waals surface area (Å²) >= 11 is 0. The molecule has 4 nitrogen and oxygen atoms in total. The van der Waals surface area contributed by atoms with Gasteiger partial charge in [0.15, 0.2) is 0 Å². The number of allylic oxidation sites excluding steroid dienone is 2. The monoisotopic (exact) mass is 468 g/mol. The van der Waals surface area contributed by atoms with Crippen molar-refractivity contribution in [2.24, 2.45) is 50.2 Å². The van der Waals surface area contributed by atoms with E-state index in [1.54, 1.807) is 0 Å². The van der Waals surface area contributed by atoms with Crippen LogP contribution < -0.4 is 0 Å². The van der Waals surface area contributed by atoms with Crippen molar-refractivity contribution >= 4 is 17.5 Å². The van der Waals surface area contributed by atoms with Crippen LogP contribution in [0.3, 0.4) is 0 Å². The van der Waals surface area contributed by atoms with Crippen molar-refractivity contribution in [2.45, 2.75) is 106 Å². The molecular weight excluding hydrogens is 424 g/mol. The van der Waals surface area contributed by atoms with E-state index >= 15 is 0 Å². The first-order valence-corrected chi connectivity index (χ1v) is 13.6. The number of fused-ring (bicyclic) bond motifs is 7. The maximum atomic E-state index is 14.2. The molecule has 0 aromatic heterocycles. The summed E-state index contributed by atoms with van der Waals surface area (Å²) < 4.78 is 0. The van der Waals surface area contributed by atoms with Crippen molar-refractivity contribution < 1.29 is 19.5 Å². The van der Waals surface area contributed by atoms with Gasteiger partial charge in [0, 0.05) is 29.1 Å². The second kappa shape index (κ2) is 6.85. The van der Waals surface area contributed by atoms with Crippen molar-refractivity contribution in [2.75, 3.05) is 0 Å². The van der Waals surface area contributed by atoms with Gasteiger partial charge in [-0.25, -0.2) is 0 Å². The molecule has 34 heavy (non-hydrogen) atoms. The van der Waals surface area contributed by atoms with Gasteiger partial charge in [0.1, 0.15) is 11.6 Å². The first-order valence-electron chi connectivity index (χ1n) is 13.6. The number of carbonyl (C=O) groups is 3. The smallest absolute Gasteiger partial charge is 0.310 e. The number of rotatable bonds is 1. The zero-order valence-corrected chi connectivity index (χ0v) is 22.3. The van der Waals surface area contributed by atoms with Crippen LogP contribution in [0.25, 0.3) is 0 Å². The summed E-state index contributed by atoms with van der Waals surface area (Å²) in [5.74, 6) is 0.263. The average molecular weight is 469 g/mol. The Morgan fingerprint density at radius 3 is 2.18 bits per heavy atom. The molecule has 4 heteroatoms. The van der Waals surface area contributed by atoms with E-state index in [0.29, 0.717) is 30.8 Å². The fraction of sp³-hybridized carbons (Fsp3) is 0.833. The van der Waals surface area contributed by atoms with Crippen molar-refractivity contribution in [3.05, 3.63) is 11.6 Å². The van der Waals surface area contributed by atoms with Gasteiger partial charge in [-0.2, -0.15) is 0 Å². The fourth-order valence-corrected chi connectivity index (χ4v) is 10.1. The van der Waals surface area contributed by atoms with Crippen LogP contribution in [0.15, 0.2) is 11.6 Å². The van der Waals surface area contributed by atoms with E-state index in [2.05, 4.69) is 54.5 Å². The van der Waals surface area contributed by atoms with E-state index in [1.807, 2.05) is 0 Å². The lowest BCUT2D eigenvalue weighted by atomic mass is 9.33. The van der Waals surface area contributed by atoms with Crippen LogP contribution in [-0.4, -0.2) is 22.6 Å². The molecule has 5 aliphatic carbocycles. The highest BCUT2D eigenvalue weighted by Gasteiger charge is 2.71. The second-order valence-electron chi connectivity index (χ2n) is 14.7.